The lowest BCUT2D eigenvalue weighted by Gasteiger charge is -2.22. The third-order valence-corrected chi connectivity index (χ3v) is 7.88. The zero-order valence-corrected chi connectivity index (χ0v) is 13.3. The van der Waals surface area contributed by atoms with Crippen molar-refractivity contribution in [1.29, 1.82) is 0 Å². The van der Waals surface area contributed by atoms with Gasteiger partial charge in [0.15, 0.2) is 4.21 Å². The summed E-state index contributed by atoms with van der Waals surface area (Å²) in [5.41, 5.74) is 0.629. The molecule has 0 N–H and O–H groups in total. The van der Waals surface area contributed by atoms with E-state index in [1.54, 1.807) is 23.0 Å². The van der Waals surface area contributed by atoms with Gasteiger partial charge in [-0.15, -0.1) is 23.1 Å². The molecule has 1 aliphatic heterocycles. The Morgan fingerprint density at radius 2 is 2.17 bits per heavy atom. The highest BCUT2D eigenvalue weighted by molar-refractivity contribution is 8.01. The van der Waals surface area contributed by atoms with E-state index in [4.69, 9.17) is 0 Å². The minimum Gasteiger partial charge on any atom is -0.245 e. The Morgan fingerprint density at radius 3 is 2.72 bits per heavy atom. The molecule has 7 heteroatoms. The van der Waals surface area contributed by atoms with Crippen LogP contribution in [0, 0.1) is 13.8 Å². The van der Waals surface area contributed by atoms with Gasteiger partial charge in [-0.2, -0.15) is 4.31 Å². The molecule has 2 rings (SSSR count). The third kappa shape index (κ3) is 2.59. The van der Waals surface area contributed by atoms with Gasteiger partial charge in [-0.1, -0.05) is 13.3 Å². The second-order valence-corrected chi connectivity index (χ2v) is 8.91. The molecule has 1 aliphatic rings. The smallest absolute Gasteiger partial charge is 0.245 e. The summed E-state index contributed by atoms with van der Waals surface area (Å²) < 4.78 is 27.3. The molecular weight excluding hydrogens is 288 g/mol. The van der Waals surface area contributed by atoms with E-state index in [1.807, 2.05) is 6.92 Å². The van der Waals surface area contributed by atoms with Crippen molar-refractivity contribution in [2.75, 3.05) is 12.3 Å². The van der Waals surface area contributed by atoms with Crippen LogP contribution in [0.25, 0.3) is 0 Å². The Bertz CT molecular complexity index is 524. The second kappa shape index (κ2) is 5.48. The van der Waals surface area contributed by atoms with E-state index in [0.717, 1.165) is 23.6 Å². The molecule has 0 unspecified atom stereocenters. The number of rotatable bonds is 4. The monoisotopic (exact) mass is 306 g/mol. The Kier molecular flexibility index (Phi) is 4.36. The van der Waals surface area contributed by atoms with Gasteiger partial charge in [0.05, 0.1) is 16.1 Å². The normalized spacial score (nSPS) is 21.6. The van der Waals surface area contributed by atoms with Crippen LogP contribution in [0.3, 0.4) is 0 Å². The molecule has 0 radical (unpaired) electrons. The Balaban J connectivity index is 2.33. The molecule has 1 saturated heterocycles. The van der Waals surface area contributed by atoms with E-state index < -0.39 is 10.0 Å². The second-order valence-electron chi connectivity index (χ2n) is 4.34. The number of aromatic nitrogens is 1. The standard InChI is InChI=1S/C11H18N2O2S3/c1-4-5-10-13(6-7-16-10)18(14,15)11-8(2)12-9(3)17-11/h10H,4-7H2,1-3H3/t10-/m1/s1. The molecule has 4 nitrogen and oxygen atoms in total. The molecule has 0 saturated carbocycles. The van der Waals surface area contributed by atoms with Gasteiger partial charge >= 0.3 is 0 Å². The van der Waals surface area contributed by atoms with Gasteiger partial charge in [-0.25, -0.2) is 13.4 Å². The molecule has 1 aromatic rings. The predicted octanol–water partition coefficient (Wildman–Crippen LogP) is 2.62. The highest BCUT2D eigenvalue weighted by atomic mass is 32.2. The molecule has 0 amide bonds. The van der Waals surface area contributed by atoms with Crippen LogP contribution >= 0.6 is 23.1 Å². The highest BCUT2D eigenvalue weighted by Gasteiger charge is 2.37. The fourth-order valence-electron chi connectivity index (χ4n) is 2.11. The molecule has 0 aromatic carbocycles. The third-order valence-electron chi connectivity index (χ3n) is 2.88. The lowest BCUT2D eigenvalue weighted by molar-refractivity contribution is 0.413. The van der Waals surface area contributed by atoms with Crippen LogP contribution in [0.2, 0.25) is 0 Å². The van der Waals surface area contributed by atoms with Gasteiger partial charge in [-0.3, -0.25) is 0 Å². The van der Waals surface area contributed by atoms with Gasteiger partial charge in [0.1, 0.15) is 0 Å². The molecule has 1 fully saturated rings. The minimum atomic E-state index is -3.35. The van der Waals surface area contributed by atoms with Crippen LogP contribution in [0.4, 0.5) is 0 Å². The zero-order chi connectivity index (χ0) is 13.3. The van der Waals surface area contributed by atoms with Gasteiger partial charge < -0.3 is 0 Å². The molecule has 0 aliphatic carbocycles. The summed E-state index contributed by atoms with van der Waals surface area (Å²) >= 11 is 3.02. The fraction of sp³-hybridized carbons (Fsp3) is 0.727. The van der Waals surface area contributed by atoms with Gasteiger partial charge in [0.25, 0.3) is 10.0 Å². The summed E-state index contributed by atoms with van der Waals surface area (Å²) in [7, 11) is -3.35. The summed E-state index contributed by atoms with van der Waals surface area (Å²) in [5, 5.41) is 0.909. The van der Waals surface area contributed by atoms with Crippen molar-refractivity contribution < 1.29 is 8.42 Å². The SMILES string of the molecule is CCC[C@H]1SCCN1S(=O)(=O)c1sc(C)nc1C. The Labute approximate surface area is 117 Å². The van der Waals surface area contributed by atoms with Crippen LogP contribution in [-0.4, -0.2) is 35.4 Å². The maximum Gasteiger partial charge on any atom is 0.255 e. The van der Waals surface area contributed by atoms with Crippen molar-refractivity contribution >= 4 is 33.1 Å². The quantitative estimate of drug-likeness (QED) is 0.858. The predicted molar refractivity (Wildman–Crippen MR) is 76.6 cm³/mol. The van der Waals surface area contributed by atoms with Crippen molar-refractivity contribution in [3.05, 3.63) is 10.7 Å². The molecule has 1 aromatic heterocycles. The molecule has 18 heavy (non-hydrogen) atoms. The molecular formula is C11H18N2O2S3. The summed E-state index contributed by atoms with van der Waals surface area (Å²) in [6.45, 7) is 6.33. The van der Waals surface area contributed by atoms with Crippen molar-refractivity contribution in [2.45, 2.75) is 43.2 Å². The number of thiazole rings is 1. The highest BCUT2D eigenvalue weighted by Crippen LogP contribution is 2.35. The maximum atomic E-state index is 12.6. The Hall–Kier alpha value is -0.110. The first kappa shape index (κ1) is 14.3. The van der Waals surface area contributed by atoms with Gasteiger partial charge in [0, 0.05) is 12.3 Å². The number of hydrogen-bond donors (Lipinski definition) is 0. The first-order chi connectivity index (χ1) is 8.46. The average Bonchev–Trinajstić information content (AvgIpc) is 2.86. The van der Waals surface area contributed by atoms with E-state index in [-0.39, 0.29) is 5.37 Å². The van der Waals surface area contributed by atoms with Crippen LogP contribution in [-0.2, 0) is 10.0 Å². The largest absolute Gasteiger partial charge is 0.255 e. The number of thioether (sulfide) groups is 1. The number of hydrogen-bond acceptors (Lipinski definition) is 5. The van der Waals surface area contributed by atoms with E-state index in [0.29, 0.717) is 16.4 Å². The van der Waals surface area contributed by atoms with Crippen LogP contribution in [0.5, 0.6) is 0 Å². The van der Waals surface area contributed by atoms with Gasteiger partial charge in [0.2, 0.25) is 0 Å². The summed E-state index contributed by atoms with van der Waals surface area (Å²) in [6.07, 6.45) is 1.92. The van der Waals surface area contributed by atoms with Crippen LogP contribution in [0.15, 0.2) is 4.21 Å². The van der Waals surface area contributed by atoms with E-state index in [2.05, 4.69) is 11.9 Å². The number of aryl methyl sites for hydroxylation is 2. The molecule has 1 atom stereocenters. The average molecular weight is 306 g/mol. The molecule has 0 bridgehead atoms. The fourth-order valence-corrected chi connectivity index (χ4v) is 7.09. The maximum absolute atomic E-state index is 12.6. The molecule has 102 valence electrons. The van der Waals surface area contributed by atoms with Crippen molar-refractivity contribution in [2.24, 2.45) is 0 Å². The Morgan fingerprint density at radius 1 is 1.44 bits per heavy atom. The molecule has 2 heterocycles. The summed E-state index contributed by atoms with van der Waals surface area (Å²) in [4.78, 5) is 4.23. The zero-order valence-electron chi connectivity index (χ0n) is 10.8. The van der Waals surface area contributed by atoms with Crippen molar-refractivity contribution in [3.8, 4) is 0 Å². The minimum absolute atomic E-state index is 0.0989. The van der Waals surface area contributed by atoms with Gasteiger partial charge in [-0.05, 0) is 20.3 Å². The molecule has 0 spiro atoms. The van der Waals surface area contributed by atoms with Crippen LogP contribution in [0.1, 0.15) is 30.5 Å². The summed E-state index contributed by atoms with van der Waals surface area (Å²) in [5.74, 6) is 0.890. The summed E-state index contributed by atoms with van der Waals surface area (Å²) in [6, 6.07) is 0. The van der Waals surface area contributed by atoms with Crippen LogP contribution < -0.4 is 0 Å². The first-order valence-corrected chi connectivity index (χ1v) is 9.34. The van der Waals surface area contributed by atoms with Crippen molar-refractivity contribution in [1.82, 2.24) is 9.29 Å². The lowest BCUT2D eigenvalue weighted by atomic mass is 10.3. The number of nitrogens with zero attached hydrogens (tertiary/aromatic N) is 2. The van der Waals surface area contributed by atoms with Crippen molar-refractivity contribution in [3.63, 3.8) is 0 Å². The lowest BCUT2D eigenvalue weighted by Crippen LogP contribution is -2.34. The van der Waals surface area contributed by atoms with E-state index in [9.17, 15) is 8.42 Å². The number of sulfonamides is 1. The van der Waals surface area contributed by atoms with E-state index in [1.165, 1.54) is 11.3 Å². The van der Waals surface area contributed by atoms with E-state index >= 15 is 0 Å². The first-order valence-electron chi connectivity index (χ1n) is 6.04. The topological polar surface area (TPSA) is 50.3 Å².